The molecule has 1 aromatic heterocycles. The second-order valence-electron chi connectivity index (χ2n) is 7.33. The topological polar surface area (TPSA) is 100 Å². The number of rotatable bonds is 5. The standard InChI is InChI=1S/C22H20BrN3O4/c23-16-4-1-13(2-5-16)10-20(28)24-11-14-3-6-17-15(9-14)12-26(22(17)30)18-7-8-19(27)25-21(18)29/h1-6,9,12,18,30H,7-8,10-11H2,(H,24,28)(H,25,27,29). The summed E-state index contributed by atoms with van der Waals surface area (Å²) in [6.07, 6.45) is 2.58. The van der Waals surface area contributed by atoms with Gasteiger partial charge < -0.3 is 15.0 Å². The molecule has 0 radical (unpaired) electrons. The van der Waals surface area contributed by atoms with E-state index in [2.05, 4.69) is 26.6 Å². The molecule has 1 aliphatic heterocycles. The predicted molar refractivity (Wildman–Crippen MR) is 115 cm³/mol. The maximum absolute atomic E-state index is 12.2. The fourth-order valence-electron chi connectivity index (χ4n) is 3.62. The minimum atomic E-state index is -0.621. The smallest absolute Gasteiger partial charge is 0.249 e. The highest BCUT2D eigenvalue weighted by Crippen LogP contribution is 2.33. The molecule has 3 amide bonds. The Balaban J connectivity index is 1.45. The second-order valence-corrected chi connectivity index (χ2v) is 8.24. The molecular weight excluding hydrogens is 450 g/mol. The lowest BCUT2D eigenvalue weighted by atomic mass is 10.1. The first-order valence-corrected chi connectivity index (χ1v) is 10.4. The molecule has 1 unspecified atom stereocenters. The fourth-order valence-corrected chi connectivity index (χ4v) is 3.88. The highest BCUT2D eigenvalue weighted by Gasteiger charge is 2.30. The van der Waals surface area contributed by atoms with Gasteiger partial charge in [-0.05, 0) is 41.8 Å². The van der Waals surface area contributed by atoms with E-state index in [0.717, 1.165) is 21.0 Å². The lowest BCUT2D eigenvalue weighted by molar-refractivity contribution is -0.135. The first kappa shape index (κ1) is 20.2. The molecule has 1 saturated heterocycles. The summed E-state index contributed by atoms with van der Waals surface area (Å²) in [5.41, 5.74) is 1.81. The number of amides is 3. The molecule has 1 aliphatic rings. The van der Waals surface area contributed by atoms with Crippen molar-refractivity contribution in [3.63, 3.8) is 0 Å². The van der Waals surface area contributed by atoms with E-state index in [9.17, 15) is 19.5 Å². The summed E-state index contributed by atoms with van der Waals surface area (Å²) in [5, 5.41) is 17.1. The maximum atomic E-state index is 12.2. The first-order valence-electron chi connectivity index (χ1n) is 9.58. The van der Waals surface area contributed by atoms with Crippen molar-refractivity contribution in [2.45, 2.75) is 31.8 Å². The molecule has 2 heterocycles. The normalized spacial score (nSPS) is 16.5. The molecule has 0 aliphatic carbocycles. The zero-order valence-electron chi connectivity index (χ0n) is 16.0. The van der Waals surface area contributed by atoms with Crippen molar-refractivity contribution >= 4 is 44.4 Å². The molecule has 7 nitrogen and oxygen atoms in total. The number of piperidine rings is 1. The summed E-state index contributed by atoms with van der Waals surface area (Å²) in [6, 6.07) is 12.4. The van der Waals surface area contributed by atoms with Gasteiger partial charge in [0.2, 0.25) is 17.7 Å². The number of carbonyl (C=O) groups excluding carboxylic acids is 3. The summed E-state index contributed by atoms with van der Waals surface area (Å²) in [7, 11) is 0. The van der Waals surface area contributed by atoms with Gasteiger partial charge in [0.1, 0.15) is 6.04 Å². The van der Waals surface area contributed by atoms with Crippen molar-refractivity contribution in [2.75, 3.05) is 0 Å². The summed E-state index contributed by atoms with van der Waals surface area (Å²) in [4.78, 5) is 35.7. The minimum Gasteiger partial charge on any atom is -0.494 e. The molecule has 0 spiro atoms. The molecule has 30 heavy (non-hydrogen) atoms. The Bertz CT molecular complexity index is 1140. The Labute approximate surface area is 181 Å². The summed E-state index contributed by atoms with van der Waals surface area (Å²) < 4.78 is 2.47. The summed E-state index contributed by atoms with van der Waals surface area (Å²) in [6.45, 7) is 0.357. The third-order valence-corrected chi connectivity index (χ3v) is 5.72. The average Bonchev–Trinajstić information content (AvgIpc) is 3.04. The van der Waals surface area contributed by atoms with E-state index in [-0.39, 0.29) is 24.1 Å². The van der Waals surface area contributed by atoms with E-state index >= 15 is 0 Å². The summed E-state index contributed by atoms with van der Waals surface area (Å²) >= 11 is 3.37. The molecular formula is C22H20BrN3O4. The van der Waals surface area contributed by atoms with Crippen LogP contribution < -0.4 is 10.6 Å². The molecule has 4 rings (SSSR count). The van der Waals surface area contributed by atoms with Crippen molar-refractivity contribution in [3.8, 4) is 5.88 Å². The van der Waals surface area contributed by atoms with Gasteiger partial charge >= 0.3 is 0 Å². The number of hydrogen-bond acceptors (Lipinski definition) is 4. The third kappa shape index (κ3) is 4.23. The van der Waals surface area contributed by atoms with Crippen molar-refractivity contribution in [1.82, 2.24) is 15.2 Å². The van der Waals surface area contributed by atoms with Gasteiger partial charge in [-0.1, -0.05) is 34.1 Å². The maximum Gasteiger partial charge on any atom is 0.249 e. The number of hydrogen-bond donors (Lipinski definition) is 3. The van der Waals surface area contributed by atoms with Gasteiger partial charge in [0.15, 0.2) is 5.88 Å². The Kier molecular flexibility index (Phi) is 5.59. The van der Waals surface area contributed by atoms with Crippen LogP contribution in [0, 0.1) is 0 Å². The minimum absolute atomic E-state index is 0.00896. The first-order chi connectivity index (χ1) is 14.4. The van der Waals surface area contributed by atoms with Gasteiger partial charge in [-0.15, -0.1) is 0 Å². The van der Waals surface area contributed by atoms with E-state index in [4.69, 9.17) is 0 Å². The van der Waals surface area contributed by atoms with Gasteiger partial charge in [0.05, 0.1) is 6.42 Å². The number of halogens is 1. The van der Waals surface area contributed by atoms with Crippen molar-refractivity contribution in [2.24, 2.45) is 0 Å². The fraction of sp³-hybridized carbons (Fsp3) is 0.227. The molecule has 3 aromatic rings. The monoisotopic (exact) mass is 469 g/mol. The average molecular weight is 470 g/mol. The largest absolute Gasteiger partial charge is 0.494 e. The number of aromatic hydroxyl groups is 1. The number of nitrogens with zero attached hydrogens (tertiary/aromatic N) is 1. The van der Waals surface area contributed by atoms with Crippen LogP contribution >= 0.6 is 15.9 Å². The molecule has 3 N–H and O–H groups in total. The zero-order valence-corrected chi connectivity index (χ0v) is 17.6. The Morgan fingerprint density at radius 2 is 1.90 bits per heavy atom. The van der Waals surface area contributed by atoms with Gasteiger partial charge in [0, 0.05) is 34.4 Å². The lowest BCUT2D eigenvalue weighted by Gasteiger charge is -2.22. The highest BCUT2D eigenvalue weighted by atomic mass is 79.9. The SMILES string of the molecule is O=C(Cc1ccc(Br)cc1)NCc1ccc2c(O)n(C3CCC(=O)NC3=O)cc2c1. The Morgan fingerprint density at radius 3 is 2.63 bits per heavy atom. The number of nitrogens with one attached hydrogen (secondary N) is 2. The molecule has 8 heteroatoms. The highest BCUT2D eigenvalue weighted by molar-refractivity contribution is 9.10. The van der Waals surface area contributed by atoms with E-state index in [0.29, 0.717) is 24.8 Å². The Morgan fingerprint density at radius 1 is 1.17 bits per heavy atom. The van der Waals surface area contributed by atoms with Crippen LogP contribution in [0.5, 0.6) is 5.88 Å². The van der Waals surface area contributed by atoms with Crippen molar-refractivity contribution in [1.29, 1.82) is 0 Å². The molecule has 1 fully saturated rings. The van der Waals surface area contributed by atoms with E-state index < -0.39 is 11.9 Å². The quantitative estimate of drug-likeness (QED) is 0.500. The van der Waals surface area contributed by atoms with Crippen LogP contribution in [0.3, 0.4) is 0 Å². The van der Waals surface area contributed by atoms with E-state index in [1.807, 2.05) is 36.4 Å². The van der Waals surface area contributed by atoms with Crippen LogP contribution in [0.1, 0.15) is 30.0 Å². The number of imide groups is 1. The number of fused-ring (bicyclic) bond motifs is 1. The molecule has 1 atom stereocenters. The van der Waals surface area contributed by atoms with Crippen LogP contribution in [0.25, 0.3) is 10.8 Å². The van der Waals surface area contributed by atoms with Crippen LogP contribution in [0.15, 0.2) is 53.1 Å². The third-order valence-electron chi connectivity index (χ3n) is 5.19. The Hall–Kier alpha value is -3.13. The van der Waals surface area contributed by atoms with Gasteiger partial charge in [-0.2, -0.15) is 0 Å². The molecule has 154 valence electrons. The number of benzene rings is 2. The van der Waals surface area contributed by atoms with Gasteiger partial charge in [0.25, 0.3) is 0 Å². The van der Waals surface area contributed by atoms with E-state index in [1.54, 1.807) is 12.3 Å². The van der Waals surface area contributed by atoms with Crippen LogP contribution in [0.4, 0.5) is 0 Å². The summed E-state index contributed by atoms with van der Waals surface area (Å²) in [5.74, 6) is -0.803. The van der Waals surface area contributed by atoms with Crippen LogP contribution in [-0.4, -0.2) is 27.4 Å². The predicted octanol–water partition coefficient (Wildman–Crippen LogP) is 2.95. The van der Waals surface area contributed by atoms with Crippen LogP contribution in [-0.2, 0) is 27.3 Å². The van der Waals surface area contributed by atoms with Gasteiger partial charge in [-0.3, -0.25) is 19.7 Å². The molecule has 0 saturated carbocycles. The molecule has 0 bridgehead atoms. The number of aromatic nitrogens is 1. The van der Waals surface area contributed by atoms with Crippen molar-refractivity contribution < 1.29 is 19.5 Å². The van der Waals surface area contributed by atoms with E-state index in [1.165, 1.54) is 4.57 Å². The molecule has 2 aromatic carbocycles. The van der Waals surface area contributed by atoms with Crippen molar-refractivity contribution in [3.05, 3.63) is 64.3 Å². The number of carbonyl (C=O) groups is 3. The zero-order chi connectivity index (χ0) is 21.3. The van der Waals surface area contributed by atoms with Gasteiger partial charge in [-0.25, -0.2) is 0 Å². The lowest BCUT2D eigenvalue weighted by Crippen LogP contribution is -2.41. The second kappa shape index (κ2) is 8.31. The van der Waals surface area contributed by atoms with Crippen LogP contribution in [0.2, 0.25) is 0 Å².